The first-order chi connectivity index (χ1) is 10.8. The molecule has 1 aromatic rings. The highest BCUT2D eigenvalue weighted by atomic mass is 16.3. The van der Waals surface area contributed by atoms with Gasteiger partial charge >= 0.3 is 0 Å². The lowest BCUT2D eigenvalue weighted by molar-refractivity contribution is 0.0673. The Kier molecular flexibility index (Phi) is 6.49. The van der Waals surface area contributed by atoms with E-state index in [-0.39, 0.29) is 0 Å². The number of nitrogens with zero attached hydrogens (tertiary/aromatic N) is 1. The molecule has 23 heavy (non-hydrogen) atoms. The quantitative estimate of drug-likeness (QED) is 0.801. The number of rotatable bonds is 7. The van der Waals surface area contributed by atoms with Crippen molar-refractivity contribution < 1.29 is 5.11 Å². The van der Waals surface area contributed by atoms with E-state index < -0.39 is 5.60 Å². The minimum Gasteiger partial charge on any atom is -0.390 e. The van der Waals surface area contributed by atoms with E-state index in [1.807, 2.05) is 13.8 Å². The van der Waals surface area contributed by atoms with Gasteiger partial charge in [-0.3, -0.25) is 0 Å². The molecule has 1 atom stereocenters. The van der Waals surface area contributed by atoms with Gasteiger partial charge in [0.1, 0.15) is 0 Å². The minimum atomic E-state index is -0.529. The molecule has 1 aliphatic heterocycles. The Morgan fingerprint density at radius 1 is 1.30 bits per heavy atom. The van der Waals surface area contributed by atoms with Crippen LogP contribution in [0, 0.1) is 6.92 Å². The molecule has 0 unspecified atom stereocenters. The van der Waals surface area contributed by atoms with Crippen LogP contribution in [0.2, 0.25) is 0 Å². The summed E-state index contributed by atoms with van der Waals surface area (Å²) in [5.74, 6) is 0. The summed E-state index contributed by atoms with van der Waals surface area (Å²) < 4.78 is 0. The van der Waals surface area contributed by atoms with E-state index in [1.54, 1.807) is 0 Å². The van der Waals surface area contributed by atoms with E-state index in [2.05, 4.69) is 48.3 Å². The third-order valence-corrected chi connectivity index (χ3v) is 4.81. The maximum Gasteiger partial charge on any atom is 0.0591 e. The van der Waals surface area contributed by atoms with Crippen molar-refractivity contribution in [3.05, 3.63) is 29.8 Å². The lowest BCUT2D eigenvalue weighted by atomic mass is 9.98. The summed E-state index contributed by atoms with van der Waals surface area (Å²) >= 11 is 0. The van der Waals surface area contributed by atoms with Crippen molar-refractivity contribution in [2.45, 2.75) is 77.5 Å². The van der Waals surface area contributed by atoms with Gasteiger partial charge in [0.25, 0.3) is 0 Å². The second-order valence-corrected chi connectivity index (χ2v) is 7.87. The predicted molar refractivity (Wildman–Crippen MR) is 99.2 cm³/mol. The molecular weight excluding hydrogens is 284 g/mol. The van der Waals surface area contributed by atoms with Crippen LogP contribution in [-0.2, 0) is 0 Å². The molecule has 0 saturated carbocycles. The summed E-state index contributed by atoms with van der Waals surface area (Å²) in [6.07, 6.45) is 5.53. The van der Waals surface area contributed by atoms with Crippen LogP contribution in [0.15, 0.2) is 24.3 Å². The first-order valence-corrected chi connectivity index (χ1v) is 9.13. The molecule has 1 aromatic carbocycles. The molecule has 0 radical (unpaired) electrons. The zero-order valence-electron chi connectivity index (χ0n) is 15.3. The van der Waals surface area contributed by atoms with Crippen LogP contribution in [0.5, 0.6) is 0 Å². The fourth-order valence-electron chi connectivity index (χ4n) is 3.46. The fourth-order valence-corrected chi connectivity index (χ4v) is 3.46. The lowest BCUT2D eigenvalue weighted by Crippen LogP contribution is -2.45. The third-order valence-electron chi connectivity index (χ3n) is 4.81. The number of aryl methyl sites for hydroxylation is 1. The van der Waals surface area contributed by atoms with E-state index in [1.165, 1.54) is 24.1 Å². The molecule has 0 aliphatic carbocycles. The van der Waals surface area contributed by atoms with Crippen LogP contribution in [-0.4, -0.2) is 35.9 Å². The van der Waals surface area contributed by atoms with E-state index in [0.717, 1.165) is 32.4 Å². The molecule has 2 N–H and O–H groups in total. The number of anilines is 1. The molecule has 1 saturated heterocycles. The Morgan fingerprint density at radius 3 is 2.61 bits per heavy atom. The fraction of sp³-hybridized carbons (Fsp3) is 0.700. The van der Waals surface area contributed by atoms with Crippen LogP contribution in [0.25, 0.3) is 0 Å². The highest BCUT2D eigenvalue weighted by Gasteiger charge is 2.21. The first-order valence-electron chi connectivity index (χ1n) is 9.13. The van der Waals surface area contributed by atoms with Crippen LogP contribution >= 0.6 is 0 Å². The number of benzene rings is 1. The summed E-state index contributed by atoms with van der Waals surface area (Å²) in [7, 11) is 0. The van der Waals surface area contributed by atoms with Crippen molar-refractivity contribution in [1.82, 2.24) is 5.32 Å². The number of hydrogen-bond acceptors (Lipinski definition) is 3. The zero-order valence-corrected chi connectivity index (χ0v) is 15.3. The summed E-state index contributed by atoms with van der Waals surface area (Å²) in [5.41, 5.74) is 2.17. The van der Waals surface area contributed by atoms with Gasteiger partial charge in [-0.05, 0) is 77.5 Å². The predicted octanol–water partition coefficient (Wildman–Crippen LogP) is 3.88. The summed E-state index contributed by atoms with van der Waals surface area (Å²) in [6.45, 7) is 10.5. The van der Waals surface area contributed by atoms with Gasteiger partial charge in [-0.1, -0.05) is 12.1 Å². The van der Waals surface area contributed by atoms with Gasteiger partial charge in [0.2, 0.25) is 0 Å². The molecular formula is C20H34N2O. The Balaban J connectivity index is 1.70. The molecule has 1 aliphatic rings. The molecule has 2 rings (SSSR count). The average molecular weight is 319 g/mol. The summed E-state index contributed by atoms with van der Waals surface area (Å²) in [4.78, 5) is 2.50. The Labute approximate surface area is 142 Å². The van der Waals surface area contributed by atoms with Crippen molar-refractivity contribution >= 4 is 5.69 Å². The third kappa shape index (κ3) is 6.52. The number of piperidine rings is 1. The topological polar surface area (TPSA) is 35.5 Å². The van der Waals surface area contributed by atoms with Gasteiger partial charge < -0.3 is 15.3 Å². The Morgan fingerprint density at radius 2 is 2.00 bits per heavy atom. The van der Waals surface area contributed by atoms with Gasteiger partial charge in [0.15, 0.2) is 0 Å². The van der Waals surface area contributed by atoms with E-state index in [4.69, 9.17) is 0 Å². The van der Waals surface area contributed by atoms with Crippen molar-refractivity contribution in [3.63, 3.8) is 0 Å². The molecule has 3 nitrogen and oxygen atoms in total. The summed E-state index contributed by atoms with van der Waals surface area (Å²) in [5, 5.41) is 13.6. The Bertz CT molecular complexity index is 473. The molecule has 0 bridgehead atoms. The maximum absolute atomic E-state index is 9.78. The van der Waals surface area contributed by atoms with Crippen molar-refractivity contribution in [1.29, 1.82) is 0 Å². The molecule has 0 aromatic heterocycles. The highest BCUT2D eigenvalue weighted by Crippen LogP contribution is 2.21. The van der Waals surface area contributed by atoms with Gasteiger partial charge in [0, 0.05) is 30.9 Å². The van der Waals surface area contributed by atoms with Crippen LogP contribution in [0.4, 0.5) is 5.69 Å². The van der Waals surface area contributed by atoms with Crippen LogP contribution in [0.3, 0.4) is 0 Å². The number of hydrogen-bond donors (Lipinski definition) is 2. The molecule has 1 heterocycles. The second-order valence-electron chi connectivity index (χ2n) is 7.87. The normalized spacial score (nSPS) is 18.2. The molecule has 0 amide bonds. The van der Waals surface area contributed by atoms with E-state index in [9.17, 15) is 5.11 Å². The number of aliphatic hydroxyl groups is 1. The maximum atomic E-state index is 9.78. The Hall–Kier alpha value is -1.06. The van der Waals surface area contributed by atoms with Gasteiger partial charge in [-0.25, -0.2) is 0 Å². The average Bonchev–Trinajstić information content (AvgIpc) is 2.46. The zero-order chi connectivity index (χ0) is 16.9. The van der Waals surface area contributed by atoms with Gasteiger partial charge in [-0.2, -0.15) is 0 Å². The SMILES string of the molecule is Cc1cccc(N2CCC(N[C@H](C)CCCC(C)(C)O)CC2)c1. The first kappa shape index (κ1) is 18.3. The minimum absolute atomic E-state index is 0.529. The van der Waals surface area contributed by atoms with Gasteiger partial charge in [-0.15, -0.1) is 0 Å². The smallest absolute Gasteiger partial charge is 0.0591 e. The molecule has 1 fully saturated rings. The standard InChI is InChI=1S/C20H34N2O/c1-16-7-5-9-19(15-16)22-13-10-18(11-14-22)21-17(2)8-6-12-20(3,4)23/h5,7,9,15,17-18,21,23H,6,8,10-14H2,1-4H3/t17-/m1/s1. The molecule has 130 valence electrons. The van der Waals surface area contributed by atoms with Crippen molar-refractivity contribution in [2.75, 3.05) is 18.0 Å². The van der Waals surface area contributed by atoms with Crippen LogP contribution < -0.4 is 10.2 Å². The van der Waals surface area contributed by atoms with Gasteiger partial charge in [0.05, 0.1) is 5.60 Å². The van der Waals surface area contributed by atoms with E-state index >= 15 is 0 Å². The molecule has 3 heteroatoms. The van der Waals surface area contributed by atoms with Crippen molar-refractivity contribution in [2.24, 2.45) is 0 Å². The lowest BCUT2D eigenvalue weighted by Gasteiger charge is -2.35. The van der Waals surface area contributed by atoms with Crippen LogP contribution in [0.1, 0.15) is 58.4 Å². The second kappa shape index (κ2) is 8.16. The molecule has 0 spiro atoms. The van der Waals surface area contributed by atoms with E-state index in [0.29, 0.717) is 12.1 Å². The highest BCUT2D eigenvalue weighted by molar-refractivity contribution is 5.48. The summed E-state index contributed by atoms with van der Waals surface area (Å²) in [6, 6.07) is 9.99. The monoisotopic (exact) mass is 318 g/mol. The largest absolute Gasteiger partial charge is 0.390 e. The number of nitrogens with one attached hydrogen (secondary N) is 1. The van der Waals surface area contributed by atoms with Crippen molar-refractivity contribution in [3.8, 4) is 0 Å².